The van der Waals surface area contributed by atoms with Crippen LogP contribution in [0.3, 0.4) is 0 Å². The maximum atomic E-state index is 13.7. The van der Waals surface area contributed by atoms with Crippen molar-refractivity contribution in [1.82, 2.24) is 9.78 Å². The molecule has 0 radical (unpaired) electrons. The standard InChI is InChI=1S/C17H14F2N4O2S/c1-9(16(24)21-13-7-10(18)4-5-11(13)19)23-17(25)12(20)8-14(22-23)15-3-2-6-26-15/h2-9H,20H2,1H3,(H,21,24)/t9-/m0/s1. The lowest BCUT2D eigenvalue weighted by Crippen LogP contribution is -2.34. The van der Waals surface area contributed by atoms with Gasteiger partial charge in [-0.1, -0.05) is 6.07 Å². The van der Waals surface area contributed by atoms with Gasteiger partial charge in [-0.3, -0.25) is 9.59 Å². The molecule has 1 atom stereocenters. The zero-order valence-electron chi connectivity index (χ0n) is 13.6. The number of hydrogen-bond donors (Lipinski definition) is 2. The fraction of sp³-hybridized carbons (Fsp3) is 0.118. The first kappa shape index (κ1) is 17.7. The Labute approximate surface area is 150 Å². The highest BCUT2D eigenvalue weighted by molar-refractivity contribution is 7.13. The largest absolute Gasteiger partial charge is 0.394 e. The van der Waals surface area contributed by atoms with Crippen LogP contribution in [0, 0.1) is 11.6 Å². The molecule has 134 valence electrons. The fourth-order valence-electron chi connectivity index (χ4n) is 2.28. The van der Waals surface area contributed by atoms with Crippen molar-refractivity contribution in [2.75, 3.05) is 11.1 Å². The zero-order chi connectivity index (χ0) is 18.8. The van der Waals surface area contributed by atoms with Gasteiger partial charge in [0.25, 0.3) is 5.56 Å². The van der Waals surface area contributed by atoms with Crippen LogP contribution in [0.25, 0.3) is 10.6 Å². The van der Waals surface area contributed by atoms with Gasteiger partial charge in [-0.15, -0.1) is 11.3 Å². The first-order valence-corrected chi connectivity index (χ1v) is 8.44. The molecule has 0 unspecified atom stereocenters. The normalized spacial score (nSPS) is 12.0. The van der Waals surface area contributed by atoms with Gasteiger partial charge in [-0.05, 0) is 36.6 Å². The summed E-state index contributed by atoms with van der Waals surface area (Å²) in [4.78, 5) is 25.4. The molecular formula is C17H14F2N4O2S. The Morgan fingerprint density at radius 1 is 1.31 bits per heavy atom. The lowest BCUT2D eigenvalue weighted by molar-refractivity contribution is -0.119. The van der Waals surface area contributed by atoms with Gasteiger partial charge in [-0.25, -0.2) is 13.5 Å². The SMILES string of the molecule is C[C@@H](C(=O)Nc1cc(F)ccc1F)n1nc(-c2cccs2)cc(N)c1=O. The number of rotatable bonds is 4. The lowest BCUT2D eigenvalue weighted by Gasteiger charge is -2.16. The lowest BCUT2D eigenvalue weighted by atomic mass is 10.2. The molecule has 0 saturated heterocycles. The number of nitrogens with one attached hydrogen (secondary N) is 1. The third kappa shape index (κ3) is 3.47. The Morgan fingerprint density at radius 3 is 2.77 bits per heavy atom. The van der Waals surface area contributed by atoms with Gasteiger partial charge in [0, 0.05) is 6.07 Å². The van der Waals surface area contributed by atoms with Gasteiger partial charge < -0.3 is 11.1 Å². The number of nitrogens with zero attached hydrogens (tertiary/aromatic N) is 2. The van der Waals surface area contributed by atoms with Crippen molar-refractivity contribution in [1.29, 1.82) is 0 Å². The number of hydrogen-bond acceptors (Lipinski definition) is 5. The van der Waals surface area contributed by atoms with E-state index in [2.05, 4.69) is 10.4 Å². The minimum absolute atomic E-state index is 0.0695. The fourth-order valence-corrected chi connectivity index (χ4v) is 2.96. The highest BCUT2D eigenvalue weighted by Crippen LogP contribution is 2.23. The summed E-state index contributed by atoms with van der Waals surface area (Å²) in [6.07, 6.45) is 0. The Hall–Kier alpha value is -3.07. The van der Waals surface area contributed by atoms with E-state index in [9.17, 15) is 18.4 Å². The van der Waals surface area contributed by atoms with Crippen molar-refractivity contribution in [2.24, 2.45) is 0 Å². The molecule has 0 aliphatic rings. The summed E-state index contributed by atoms with van der Waals surface area (Å²) in [5.41, 5.74) is 5.15. The van der Waals surface area contributed by atoms with Gasteiger partial charge in [-0.2, -0.15) is 5.10 Å². The molecule has 3 N–H and O–H groups in total. The summed E-state index contributed by atoms with van der Waals surface area (Å²) in [5.74, 6) is -2.22. The molecule has 3 aromatic rings. The van der Waals surface area contributed by atoms with Crippen LogP contribution < -0.4 is 16.6 Å². The first-order valence-electron chi connectivity index (χ1n) is 7.56. The molecule has 0 saturated carbocycles. The zero-order valence-corrected chi connectivity index (χ0v) is 14.4. The van der Waals surface area contributed by atoms with E-state index < -0.39 is 29.1 Å². The number of thiophene rings is 1. The number of nitrogen functional groups attached to an aromatic ring is 1. The van der Waals surface area contributed by atoms with Crippen LogP contribution in [0.2, 0.25) is 0 Å². The molecule has 0 aliphatic heterocycles. The van der Waals surface area contributed by atoms with Crippen LogP contribution in [0.1, 0.15) is 13.0 Å². The average molecular weight is 376 g/mol. The molecular weight excluding hydrogens is 362 g/mol. The van der Waals surface area contributed by atoms with E-state index in [4.69, 9.17) is 5.73 Å². The summed E-state index contributed by atoms with van der Waals surface area (Å²) in [7, 11) is 0. The van der Waals surface area contributed by atoms with E-state index in [1.807, 2.05) is 11.4 Å². The van der Waals surface area contributed by atoms with Crippen LogP contribution >= 0.6 is 11.3 Å². The number of carbonyl (C=O) groups is 1. The van der Waals surface area contributed by atoms with Crippen LogP contribution in [-0.2, 0) is 4.79 Å². The number of benzene rings is 1. The molecule has 1 amide bonds. The van der Waals surface area contributed by atoms with E-state index >= 15 is 0 Å². The van der Waals surface area contributed by atoms with Crippen molar-refractivity contribution in [3.63, 3.8) is 0 Å². The van der Waals surface area contributed by atoms with Gasteiger partial charge in [0.1, 0.15) is 29.1 Å². The molecule has 0 bridgehead atoms. The quantitative estimate of drug-likeness (QED) is 0.732. The van der Waals surface area contributed by atoms with Crippen molar-refractivity contribution < 1.29 is 13.6 Å². The molecule has 9 heteroatoms. The number of carbonyl (C=O) groups excluding carboxylic acids is 1. The summed E-state index contributed by atoms with van der Waals surface area (Å²) in [6.45, 7) is 1.42. The summed E-state index contributed by atoms with van der Waals surface area (Å²) < 4.78 is 27.9. The van der Waals surface area contributed by atoms with Crippen LogP contribution in [0.5, 0.6) is 0 Å². The van der Waals surface area contributed by atoms with Gasteiger partial charge in [0.05, 0.1) is 10.6 Å². The molecule has 26 heavy (non-hydrogen) atoms. The third-order valence-electron chi connectivity index (χ3n) is 3.67. The Kier molecular flexibility index (Phi) is 4.81. The number of aromatic nitrogens is 2. The minimum atomic E-state index is -1.09. The maximum Gasteiger partial charge on any atom is 0.290 e. The number of nitrogens with two attached hydrogens (primary N) is 1. The third-order valence-corrected chi connectivity index (χ3v) is 4.56. The van der Waals surface area contributed by atoms with Crippen LogP contribution in [0.15, 0.2) is 46.6 Å². The number of halogens is 2. The van der Waals surface area contributed by atoms with Crippen molar-refractivity contribution in [3.05, 3.63) is 63.8 Å². The smallest absolute Gasteiger partial charge is 0.290 e. The second-order valence-electron chi connectivity index (χ2n) is 5.50. The van der Waals surface area contributed by atoms with Gasteiger partial charge in [0.2, 0.25) is 5.91 Å². The molecule has 3 rings (SSSR count). The minimum Gasteiger partial charge on any atom is -0.394 e. The van der Waals surface area contributed by atoms with Gasteiger partial charge in [0.15, 0.2) is 0 Å². The number of anilines is 2. The second-order valence-corrected chi connectivity index (χ2v) is 6.45. The average Bonchev–Trinajstić information content (AvgIpc) is 3.14. The van der Waals surface area contributed by atoms with Gasteiger partial charge >= 0.3 is 0 Å². The van der Waals surface area contributed by atoms with E-state index in [1.165, 1.54) is 24.3 Å². The monoisotopic (exact) mass is 376 g/mol. The highest BCUT2D eigenvalue weighted by Gasteiger charge is 2.21. The van der Waals surface area contributed by atoms with Crippen LogP contribution in [-0.4, -0.2) is 15.7 Å². The summed E-state index contributed by atoms with van der Waals surface area (Å²) in [5, 5.41) is 8.28. The van der Waals surface area contributed by atoms with Crippen molar-refractivity contribution in [2.45, 2.75) is 13.0 Å². The topological polar surface area (TPSA) is 90.0 Å². The van der Waals surface area contributed by atoms with E-state index in [1.54, 1.807) is 6.07 Å². The molecule has 2 aromatic heterocycles. The maximum absolute atomic E-state index is 13.7. The molecule has 0 aliphatic carbocycles. The Balaban J connectivity index is 1.94. The molecule has 0 fully saturated rings. The van der Waals surface area contributed by atoms with Crippen LogP contribution in [0.4, 0.5) is 20.2 Å². The van der Waals surface area contributed by atoms with E-state index in [0.29, 0.717) is 5.69 Å². The van der Waals surface area contributed by atoms with Crippen molar-refractivity contribution >= 4 is 28.6 Å². The van der Waals surface area contributed by atoms with E-state index in [0.717, 1.165) is 27.8 Å². The molecule has 1 aromatic carbocycles. The first-order chi connectivity index (χ1) is 12.4. The predicted octanol–water partition coefficient (Wildman–Crippen LogP) is 3.03. The molecule has 6 nitrogen and oxygen atoms in total. The summed E-state index contributed by atoms with van der Waals surface area (Å²) in [6, 6.07) is 6.65. The second kappa shape index (κ2) is 7.04. The Morgan fingerprint density at radius 2 is 2.08 bits per heavy atom. The number of amides is 1. The summed E-state index contributed by atoms with van der Waals surface area (Å²) >= 11 is 1.40. The predicted molar refractivity (Wildman–Crippen MR) is 95.9 cm³/mol. The molecule has 0 spiro atoms. The highest BCUT2D eigenvalue weighted by atomic mass is 32.1. The van der Waals surface area contributed by atoms with E-state index in [-0.39, 0.29) is 11.4 Å². The molecule has 2 heterocycles. The van der Waals surface area contributed by atoms with Crippen molar-refractivity contribution in [3.8, 4) is 10.6 Å². The Bertz CT molecular complexity index is 1020.